The van der Waals surface area contributed by atoms with Gasteiger partial charge < -0.3 is 0 Å². The molecule has 0 saturated heterocycles. The molecule has 0 aliphatic rings. The number of sulfonamides is 1. The Morgan fingerprint density at radius 3 is 2.19 bits per heavy atom. The van der Waals surface area contributed by atoms with Gasteiger partial charge in [-0.15, -0.1) is 11.3 Å². The largest absolute Gasteiger partial charge is 0.438 e. The summed E-state index contributed by atoms with van der Waals surface area (Å²) in [5.74, 6) is -1.56. The summed E-state index contributed by atoms with van der Waals surface area (Å²) in [4.78, 5) is 7.77. The third kappa shape index (κ3) is 4.06. The van der Waals surface area contributed by atoms with Gasteiger partial charge >= 0.3 is 6.18 Å². The molecule has 3 heterocycles. The minimum atomic E-state index is -5.04. The van der Waals surface area contributed by atoms with Crippen LogP contribution in [0.5, 0.6) is 0 Å². The molecule has 7 nitrogen and oxygen atoms in total. The van der Waals surface area contributed by atoms with Gasteiger partial charge in [0.25, 0.3) is 10.0 Å². The van der Waals surface area contributed by atoms with Gasteiger partial charge in [-0.3, -0.25) is 0 Å². The van der Waals surface area contributed by atoms with Crippen LogP contribution in [0, 0.1) is 5.82 Å². The minimum Gasteiger partial charge on any atom is -0.245 e. The number of nitrogens with two attached hydrogens (primary N) is 1. The number of nitrogens with zero attached hydrogens (tertiary/aromatic N) is 4. The van der Waals surface area contributed by atoms with Gasteiger partial charge in [0, 0.05) is 22.7 Å². The number of alkyl halides is 3. The van der Waals surface area contributed by atoms with E-state index in [-0.39, 0.29) is 11.3 Å². The summed E-state index contributed by atoms with van der Waals surface area (Å²) < 4.78 is 78.2. The molecule has 0 spiro atoms. The quantitative estimate of drug-likeness (QED) is 0.457. The Labute approximate surface area is 176 Å². The van der Waals surface area contributed by atoms with Gasteiger partial charge in [0.2, 0.25) is 5.69 Å². The molecule has 1 aromatic carbocycles. The summed E-state index contributed by atoms with van der Waals surface area (Å²) in [6.45, 7) is 0. The second kappa shape index (κ2) is 7.51. The summed E-state index contributed by atoms with van der Waals surface area (Å²) in [5, 5.41) is 10.3. The standard InChI is InChI=1S/C18H11F4N5O2S2/c19-14-15(10-1-3-11(4-2-10)17-24-7-8-30-17)27(26-16(14)18(20,21)22)12-5-6-13(25-9-12)31(23,28)29/h1-9H,(H2,23,28,29). The van der Waals surface area contributed by atoms with E-state index in [1.807, 2.05) is 0 Å². The number of hydrogen-bond donors (Lipinski definition) is 1. The van der Waals surface area contributed by atoms with Gasteiger partial charge in [-0.2, -0.15) is 18.3 Å². The third-order valence-corrected chi connectivity index (χ3v) is 5.84. The molecule has 3 aromatic heterocycles. The zero-order valence-corrected chi connectivity index (χ0v) is 16.8. The second-order valence-corrected chi connectivity index (χ2v) is 8.64. The van der Waals surface area contributed by atoms with Crippen molar-refractivity contribution in [3.8, 4) is 27.5 Å². The number of halogens is 4. The third-order valence-electron chi connectivity index (χ3n) is 4.19. The topological polar surface area (TPSA) is 104 Å². The highest BCUT2D eigenvalue weighted by atomic mass is 32.2. The molecule has 13 heteroatoms. The summed E-state index contributed by atoms with van der Waals surface area (Å²) in [7, 11) is -4.12. The Morgan fingerprint density at radius 2 is 1.68 bits per heavy atom. The molecule has 0 aliphatic heterocycles. The predicted octanol–water partition coefficient (Wildman–Crippen LogP) is 3.86. The number of benzene rings is 1. The average Bonchev–Trinajstić information content (AvgIpc) is 3.35. The van der Waals surface area contributed by atoms with Gasteiger partial charge in [-0.05, 0) is 12.1 Å². The lowest BCUT2D eigenvalue weighted by Crippen LogP contribution is -2.14. The molecular weight excluding hydrogens is 458 g/mol. The number of primary sulfonamides is 1. The van der Waals surface area contributed by atoms with Crippen molar-refractivity contribution < 1.29 is 26.0 Å². The lowest BCUT2D eigenvalue weighted by atomic mass is 10.1. The van der Waals surface area contributed by atoms with E-state index in [4.69, 9.17) is 5.14 Å². The molecule has 0 unspecified atom stereocenters. The molecule has 2 N–H and O–H groups in total. The molecule has 31 heavy (non-hydrogen) atoms. The first-order valence-corrected chi connectivity index (χ1v) is 10.8. The predicted molar refractivity (Wildman–Crippen MR) is 104 cm³/mol. The minimum absolute atomic E-state index is 0.0826. The fourth-order valence-corrected chi connectivity index (χ4v) is 3.92. The van der Waals surface area contributed by atoms with Crippen LogP contribution in [0.25, 0.3) is 27.5 Å². The Morgan fingerprint density at radius 1 is 1.00 bits per heavy atom. The van der Waals surface area contributed by atoms with Crippen LogP contribution >= 0.6 is 11.3 Å². The van der Waals surface area contributed by atoms with Gasteiger partial charge in [0.15, 0.2) is 10.8 Å². The first-order valence-electron chi connectivity index (χ1n) is 8.41. The average molecular weight is 469 g/mol. The Balaban J connectivity index is 1.86. The molecule has 0 atom stereocenters. The maximum atomic E-state index is 14.9. The first-order chi connectivity index (χ1) is 14.6. The molecule has 0 radical (unpaired) electrons. The molecule has 160 valence electrons. The SMILES string of the molecule is NS(=O)(=O)c1ccc(-n2nc(C(F)(F)F)c(F)c2-c2ccc(-c3nccs3)cc2)cn1. The van der Waals surface area contributed by atoms with Crippen molar-refractivity contribution in [1.82, 2.24) is 19.7 Å². The van der Waals surface area contributed by atoms with E-state index in [1.165, 1.54) is 23.5 Å². The van der Waals surface area contributed by atoms with E-state index in [0.29, 0.717) is 10.6 Å². The van der Waals surface area contributed by atoms with E-state index in [2.05, 4.69) is 15.1 Å². The van der Waals surface area contributed by atoms with Crippen LogP contribution in [0.3, 0.4) is 0 Å². The molecule has 0 fully saturated rings. The van der Waals surface area contributed by atoms with Gasteiger partial charge in [-0.1, -0.05) is 24.3 Å². The summed E-state index contributed by atoms with van der Waals surface area (Å²) in [5.41, 5.74) is -1.41. The zero-order valence-electron chi connectivity index (χ0n) is 15.2. The van der Waals surface area contributed by atoms with Crippen LogP contribution in [0.1, 0.15) is 5.69 Å². The maximum Gasteiger partial charge on any atom is 0.438 e. The second-order valence-electron chi connectivity index (χ2n) is 6.24. The van der Waals surface area contributed by atoms with Crippen LogP contribution in [0.2, 0.25) is 0 Å². The fraction of sp³-hybridized carbons (Fsp3) is 0.0556. The maximum absolute atomic E-state index is 14.9. The first kappa shape index (κ1) is 21.1. The van der Waals surface area contributed by atoms with E-state index in [0.717, 1.165) is 23.0 Å². The lowest BCUT2D eigenvalue weighted by molar-refractivity contribution is -0.143. The highest BCUT2D eigenvalue weighted by Crippen LogP contribution is 2.37. The van der Waals surface area contributed by atoms with Gasteiger partial charge in [0.05, 0.1) is 11.9 Å². The Bertz CT molecular complexity index is 1330. The number of rotatable bonds is 4. The zero-order chi connectivity index (χ0) is 22.4. The summed E-state index contributed by atoms with van der Waals surface area (Å²) in [6.07, 6.45) is -2.49. The van der Waals surface area contributed by atoms with Crippen molar-refractivity contribution in [2.75, 3.05) is 0 Å². The van der Waals surface area contributed by atoms with Crippen molar-refractivity contribution in [3.63, 3.8) is 0 Å². The molecule has 0 aliphatic carbocycles. The van der Waals surface area contributed by atoms with Crippen LogP contribution < -0.4 is 5.14 Å². The molecule has 4 rings (SSSR count). The number of pyridine rings is 1. The van der Waals surface area contributed by atoms with E-state index < -0.39 is 38.4 Å². The molecule has 4 aromatic rings. The normalized spacial score (nSPS) is 12.3. The molecule has 0 amide bonds. The Hall–Kier alpha value is -3.16. The van der Waals surface area contributed by atoms with E-state index in [9.17, 15) is 26.0 Å². The van der Waals surface area contributed by atoms with Crippen molar-refractivity contribution in [2.45, 2.75) is 11.2 Å². The van der Waals surface area contributed by atoms with Crippen molar-refractivity contribution in [1.29, 1.82) is 0 Å². The highest BCUT2D eigenvalue weighted by molar-refractivity contribution is 7.89. The van der Waals surface area contributed by atoms with Crippen molar-refractivity contribution >= 4 is 21.4 Å². The number of thiazole rings is 1. The van der Waals surface area contributed by atoms with Gasteiger partial charge in [-0.25, -0.2) is 32.6 Å². The number of hydrogen-bond acceptors (Lipinski definition) is 6. The number of aromatic nitrogens is 4. The van der Waals surface area contributed by atoms with Crippen LogP contribution in [-0.4, -0.2) is 28.2 Å². The molecule has 0 saturated carbocycles. The highest BCUT2D eigenvalue weighted by Gasteiger charge is 2.40. The van der Waals surface area contributed by atoms with Crippen LogP contribution in [0.4, 0.5) is 17.6 Å². The smallest absolute Gasteiger partial charge is 0.245 e. The summed E-state index contributed by atoms with van der Waals surface area (Å²) in [6, 6.07) is 8.21. The van der Waals surface area contributed by atoms with Crippen LogP contribution in [0.15, 0.2) is 59.2 Å². The monoisotopic (exact) mass is 469 g/mol. The molecular formula is C18H11F4N5O2S2. The fourth-order valence-electron chi connectivity index (χ4n) is 2.82. The molecule has 0 bridgehead atoms. The van der Waals surface area contributed by atoms with Crippen molar-refractivity contribution in [3.05, 3.63) is 65.7 Å². The lowest BCUT2D eigenvalue weighted by Gasteiger charge is -2.08. The van der Waals surface area contributed by atoms with Crippen LogP contribution in [-0.2, 0) is 16.2 Å². The van der Waals surface area contributed by atoms with Crippen molar-refractivity contribution in [2.24, 2.45) is 5.14 Å². The van der Waals surface area contributed by atoms with Gasteiger partial charge in [0.1, 0.15) is 10.7 Å². The van der Waals surface area contributed by atoms with E-state index >= 15 is 0 Å². The summed E-state index contributed by atoms with van der Waals surface area (Å²) >= 11 is 1.37. The Kier molecular flexibility index (Phi) is 5.11. The van der Waals surface area contributed by atoms with E-state index in [1.54, 1.807) is 23.7 Å².